The average Bonchev–Trinajstić information content (AvgIpc) is 2.46. The maximum Gasteiger partial charge on any atom is 0.366 e. The van der Waals surface area contributed by atoms with E-state index in [4.69, 9.17) is 10.6 Å². The molecule has 0 aliphatic heterocycles. The van der Waals surface area contributed by atoms with Crippen molar-refractivity contribution in [2.45, 2.75) is 6.92 Å². The Balaban J connectivity index is 2.11. The van der Waals surface area contributed by atoms with E-state index in [1.165, 1.54) is 0 Å². The molecule has 1 aromatic carbocycles. The summed E-state index contributed by atoms with van der Waals surface area (Å²) in [4.78, 5) is 19.5. The molecular formula is C14H14N3O2+. The fourth-order valence-corrected chi connectivity index (χ4v) is 1.55. The van der Waals surface area contributed by atoms with Crippen molar-refractivity contribution in [2.24, 2.45) is 10.9 Å². The van der Waals surface area contributed by atoms with E-state index in [1.807, 2.05) is 19.1 Å². The molecule has 0 aliphatic rings. The first-order valence-corrected chi connectivity index (χ1v) is 5.75. The molecule has 96 valence electrons. The monoisotopic (exact) mass is 256 g/mol. The summed E-state index contributed by atoms with van der Waals surface area (Å²) >= 11 is 0. The number of benzene rings is 1. The summed E-state index contributed by atoms with van der Waals surface area (Å²) in [6.45, 7) is 1.83. The van der Waals surface area contributed by atoms with Crippen molar-refractivity contribution in [3.63, 3.8) is 0 Å². The van der Waals surface area contributed by atoms with Gasteiger partial charge in [-0.3, -0.25) is 0 Å². The third-order valence-electron chi connectivity index (χ3n) is 2.61. The van der Waals surface area contributed by atoms with Crippen molar-refractivity contribution >= 4 is 11.8 Å². The molecule has 2 rings (SSSR count). The van der Waals surface area contributed by atoms with Crippen LogP contribution in [-0.2, 0) is 4.84 Å². The zero-order valence-electron chi connectivity index (χ0n) is 10.5. The average molecular weight is 256 g/mol. The van der Waals surface area contributed by atoms with Crippen LogP contribution in [0.15, 0.2) is 53.9 Å². The van der Waals surface area contributed by atoms with Crippen molar-refractivity contribution in [1.82, 2.24) is 0 Å². The number of rotatable bonds is 3. The number of nitrogens with zero attached hydrogens (tertiary/aromatic N) is 1. The lowest BCUT2D eigenvalue weighted by Gasteiger charge is -2.02. The number of carbonyl (C=O) groups excluding carboxylic acids is 1. The topological polar surface area (TPSA) is 78.8 Å². The van der Waals surface area contributed by atoms with Gasteiger partial charge in [0.25, 0.3) is 0 Å². The van der Waals surface area contributed by atoms with Crippen LogP contribution in [-0.4, -0.2) is 11.8 Å². The van der Waals surface area contributed by atoms with E-state index in [2.05, 4.69) is 10.1 Å². The number of aromatic nitrogens is 1. The van der Waals surface area contributed by atoms with Crippen LogP contribution in [0.25, 0.3) is 0 Å². The second-order valence-corrected chi connectivity index (χ2v) is 3.96. The standard InChI is InChI=1S/C14H13N3O2/c1-10-4-2-3-5-12(10)14(18)19-17-13(15)11-6-8-16-9-7-11/h2-9H,1H3,(H2,15,17)/p+1. The number of carbonyl (C=O) groups is 1. The lowest BCUT2D eigenvalue weighted by atomic mass is 10.1. The molecule has 0 atom stereocenters. The molecule has 5 heteroatoms. The van der Waals surface area contributed by atoms with E-state index in [0.29, 0.717) is 11.1 Å². The first kappa shape index (κ1) is 12.8. The van der Waals surface area contributed by atoms with E-state index < -0.39 is 5.97 Å². The molecule has 3 N–H and O–H groups in total. The summed E-state index contributed by atoms with van der Waals surface area (Å²) in [7, 11) is 0. The zero-order chi connectivity index (χ0) is 13.7. The van der Waals surface area contributed by atoms with Crippen LogP contribution >= 0.6 is 0 Å². The number of pyridine rings is 1. The van der Waals surface area contributed by atoms with Crippen molar-refractivity contribution in [2.75, 3.05) is 0 Å². The molecule has 0 aliphatic carbocycles. The van der Waals surface area contributed by atoms with Crippen molar-refractivity contribution < 1.29 is 14.6 Å². The number of aromatic amines is 1. The Labute approximate surface area is 110 Å². The molecule has 2 aromatic rings. The molecule has 19 heavy (non-hydrogen) atoms. The van der Waals surface area contributed by atoms with Crippen molar-refractivity contribution in [1.29, 1.82) is 0 Å². The minimum Gasteiger partial charge on any atom is -0.380 e. The predicted octanol–water partition coefficient (Wildman–Crippen LogP) is 1.29. The maximum absolute atomic E-state index is 11.8. The van der Waals surface area contributed by atoms with Crippen LogP contribution in [0.2, 0.25) is 0 Å². The third kappa shape index (κ3) is 3.16. The van der Waals surface area contributed by atoms with Crippen LogP contribution in [0.1, 0.15) is 21.5 Å². The molecule has 0 saturated carbocycles. The van der Waals surface area contributed by atoms with Gasteiger partial charge in [0.2, 0.25) is 0 Å². The lowest BCUT2D eigenvalue weighted by molar-refractivity contribution is -0.378. The molecule has 0 bridgehead atoms. The highest BCUT2D eigenvalue weighted by molar-refractivity contribution is 5.98. The summed E-state index contributed by atoms with van der Waals surface area (Å²) in [6.07, 6.45) is 3.42. The minimum atomic E-state index is -0.524. The molecule has 1 aromatic heterocycles. The number of nitrogens with two attached hydrogens (primary N) is 1. The van der Waals surface area contributed by atoms with Gasteiger partial charge < -0.3 is 10.6 Å². The summed E-state index contributed by atoms with van der Waals surface area (Å²) in [5.74, 6) is -0.375. The number of hydrogen-bond acceptors (Lipinski definition) is 3. The van der Waals surface area contributed by atoms with E-state index in [9.17, 15) is 4.79 Å². The number of aryl methyl sites for hydroxylation is 1. The number of nitrogens with one attached hydrogen (secondary N) is 1. The van der Waals surface area contributed by atoms with Crippen molar-refractivity contribution in [3.05, 3.63) is 65.5 Å². The van der Waals surface area contributed by atoms with Gasteiger partial charge in [0, 0.05) is 17.7 Å². The summed E-state index contributed by atoms with van der Waals surface area (Å²) in [6, 6.07) is 10.6. The Morgan fingerprint density at radius 3 is 2.58 bits per heavy atom. The normalized spacial score (nSPS) is 11.1. The van der Waals surface area contributed by atoms with Crippen LogP contribution < -0.4 is 10.7 Å². The van der Waals surface area contributed by atoms with Gasteiger partial charge in [-0.25, -0.2) is 9.78 Å². The Morgan fingerprint density at radius 1 is 1.21 bits per heavy atom. The van der Waals surface area contributed by atoms with Gasteiger partial charge in [0.15, 0.2) is 18.2 Å². The Morgan fingerprint density at radius 2 is 1.89 bits per heavy atom. The largest absolute Gasteiger partial charge is 0.380 e. The van der Waals surface area contributed by atoms with Crippen LogP contribution in [0.3, 0.4) is 0 Å². The summed E-state index contributed by atoms with van der Waals surface area (Å²) < 4.78 is 0. The number of H-pyrrole nitrogens is 1. The van der Waals surface area contributed by atoms with Gasteiger partial charge in [-0.05, 0) is 18.6 Å². The Kier molecular flexibility index (Phi) is 3.87. The van der Waals surface area contributed by atoms with Crippen LogP contribution in [0, 0.1) is 6.92 Å². The molecule has 0 amide bonds. The van der Waals surface area contributed by atoms with Crippen molar-refractivity contribution in [3.8, 4) is 0 Å². The maximum atomic E-state index is 11.8. The SMILES string of the molecule is Cc1ccccc1C(=O)ON=C(N)c1cc[nH+]cc1. The van der Waals surface area contributed by atoms with Gasteiger partial charge in [-0.2, -0.15) is 0 Å². The summed E-state index contributed by atoms with van der Waals surface area (Å²) in [5.41, 5.74) is 7.70. The highest BCUT2D eigenvalue weighted by Gasteiger charge is 2.10. The van der Waals surface area contributed by atoms with Gasteiger partial charge in [0.05, 0.1) is 5.56 Å². The van der Waals surface area contributed by atoms with Gasteiger partial charge in [0.1, 0.15) is 0 Å². The minimum absolute atomic E-state index is 0.149. The van der Waals surface area contributed by atoms with Gasteiger partial charge >= 0.3 is 5.97 Å². The quantitative estimate of drug-likeness (QED) is 0.389. The second kappa shape index (κ2) is 5.77. The molecule has 1 heterocycles. The highest BCUT2D eigenvalue weighted by atomic mass is 16.7. The number of hydrogen-bond donors (Lipinski definition) is 1. The molecule has 0 spiro atoms. The van der Waals surface area contributed by atoms with E-state index in [1.54, 1.807) is 36.7 Å². The lowest BCUT2D eigenvalue weighted by Crippen LogP contribution is -2.16. The predicted molar refractivity (Wildman–Crippen MR) is 70.3 cm³/mol. The smallest absolute Gasteiger partial charge is 0.366 e. The highest BCUT2D eigenvalue weighted by Crippen LogP contribution is 2.08. The van der Waals surface area contributed by atoms with Crippen LogP contribution in [0.5, 0.6) is 0 Å². The Hall–Kier alpha value is -2.69. The fourth-order valence-electron chi connectivity index (χ4n) is 1.55. The molecule has 0 unspecified atom stereocenters. The van der Waals surface area contributed by atoms with Gasteiger partial charge in [-0.1, -0.05) is 23.4 Å². The molecule has 0 radical (unpaired) electrons. The van der Waals surface area contributed by atoms with E-state index >= 15 is 0 Å². The number of oxime groups is 1. The number of amidine groups is 1. The first-order valence-electron chi connectivity index (χ1n) is 5.75. The van der Waals surface area contributed by atoms with Gasteiger partial charge in [-0.15, -0.1) is 0 Å². The fraction of sp³-hybridized carbons (Fsp3) is 0.0714. The molecular weight excluding hydrogens is 242 g/mol. The molecule has 0 saturated heterocycles. The summed E-state index contributed by atoms with van der Waals surface area (Å²) in [5, 5.41) is 3.64. The second-order valence-electron chi connectivity index (χ2n) is 3.96. The zero-order valence-corrected chi connectivity index (χ0v) is 10.5. The van der Waals surface area contributed by atoms with E-state index in [-0.39, 0.29) is 5.84 Å². The Bertz CT molecular complexity index is 609. The van der Waals surface area contributed by atoms with E-state index in [0.717, 1.165) is 5.56 Å². The third-order valence-corrected chi connectivity index (χ3v) is 2.61. The first-order chi connectivity index (χ1) is 9.18. The molecule has 5 nitrogen and oxygen atoms in total. The molecule has 0 fully saturated rings. The van der Waals surface area contributed by atoms with Crippen LogP contribution in [0.4, 0.5) is 0 Å².